The second kappa shape index (κ2) is 7.72. The number of carbonyl (C=O) groups excluding carboxylic acids is 1. The Labute approximate surface area is 163 Å². The Bertz CT molecular complexity index is 964. The Morgan fingerprint density at radius 2 is 1.92 bits per heavy atom. The molecule has 0 fully saturated rings. The van der Waals surface area contributed by atoms with Gasteiger partial charge >= 0.3 is 5.63 Å². The summed E-state index contributed by atoms with van der Waals surface area (Å²) >= 11 is 17.8. The zero-order chi connectivity index (χ0) is 18.7. The number of hydrogen-bond donors (Lipinski definition) is 2. The van der Waals surface area contributed by atoms with Gasteiger partial charge in [-0.3, -0.25) is 10.1 Å². The summed E-state index contributed by atoms with van der Waals surface area (Å²) in [6.45, 7) is 0.207. The number of alkyl halides is 3. The fraction of sp³-hybridized carbons (Fsp3) is 0.176. The highest BCUT2D eigenvalue weighted by Crippen LogP contribution is 2.29. The first-order valence-electron chi connectivity index (χ1n) is 7.51. The van der Waals surface area contributed by atoms with E-state index < -0.39 is 21.5 Å². The van der Waals surface area contributed by atoms with Crippen LogP contribution in [0.15, 0.2) is 62.4 Å². The number of rotatable bonds is 5. The number of halogens is 3. The maximum absolute atomic E-state index is 12.5. The SMILES string of the molecule is O=C(NC(NCc1ccco1)C(Cl)(Cl)Cl)c1cc2ccccc2oc1=O. The normalized spacial score (nSPS) is 12.9. The molecule has 3 aromatic rings. The minimum atomic E-state index is -1.86. The van der Waals surface area contributed by atoms with Crippen LogP contribution in [0.4, 0.5) is 0 Å². The number of benzene rings is 1. The van der Waals surface area contributed by atoms with Crippen LogP contribution in [0.5, 0.6) is 0 Å². The molecule has 9 heteroatoms. The smallest absolute Gasteiger partial charge is 0.349 e. The lowest BCUT2D eigenvalue weighted by Crippen LogP contribution is -2.53. The van der Waals surface area contributed by atoms with E-state index in [2.05, 4.69) is 10.6 Å². The average Bonchev–Trinajstić information content (AvgIpc) is 3.10. The Morgan fingerprint density at radius 1 is 1.15 bits per heavy atom. The van der Waals surface area contributed by atoms with Gasteiger partial charge in [0, 0.05) is 5.39 Å². The van der Waals surface area contributed by atoms with Gasteiger partial charge in [-0.25, -0.2) is 4.79 Å². The van der Waals surface area contributed by atoms with E-state index in [0.717, 1.165) is 0 Å². The average molecular weight is 416 g/mol. The van der Waals surface area contributed by atoms with E-state index in [-0.39, 0.29) is 12.1 Å². The van der Waals surface area contributed by atoms with E-state index in [4.69, 9.17) is 43.6 Å². The largest absolute Gasteiger partial charge is 0.468 e. The summed E-state index contributed by atoms with van der Waals surface area (Å²) < 4.78 is 8.47. The van der Waals surface area contributed by atoms with Crippen LogP contribution in [0.25, 0.3) is 11.0 Å². The van der Waals surface area contributed by atoms with Crippen molar-refractivity contribution in [2.75, 3.05) is 0 Å². The van der Waals surface area contributed by atoms with E-state index >= 15 is 0 Å². The van der Waals surface area contributed by atoms with Crippen molar-refractivity contribution in [2.24, 2.45) is 0 Å². The van der Waals surface area contributed by atoms with E-state index in [9.17, 15) is 9.59 Å². The number of carbonyl (C=O) groups is 1. The second-order valence-electron chi connectivity index (χ2n) is 5.39. The van der Waals surface area contributed by atoms with Crippen molar-refractivity contribution in [1.82, 2.24) is 10.6 Å². The van der Waals surface area contributed by atoms with Crippen LogP contribution >= 0.6 is 34.8 Å². The number of fused-ring (bicyclic) bond motifs is 1. The van der Waals surface area contributed by atoms with Crippen molar-refractivity contribution < 1.29 is 13.6 Å². The van der Waals surface area contributed by atoms with Gasteiger partial charge in [-0.15, -0.1) is 0 Å². The fourth-order valence-electron chi connectivity index (χ4n) is 2.29. The predicted octanol–water partition coefficient (Wildman–Crippen LogP) is 3.60. The minimum absolute atomic E-state index is 0.192. The van der Waals surface area contributed by atoms with Gasteiger partial charge in [-0.05, 0) is 24.3 Å². The van der Waals surface area contributed by atoms with Gasteiger partial charge in [-0.2, -0.15) is 0 Å². The first-order chi connectivity index (χ1) is 12.3. The van der Waals surface area contributed by atoms with Crippen LogP contribution in [-0.2, 0) is 6.54 Å². The van der Waals surface area contributed by atoms with Crippen LogP contribution in [-0.4, -0.2) is 15.9 Å². The molecule has 0 aliphatic heterocycles. The van der Waals surface area contributed by atoms with Crippen molar-refractivity contribution in [3.8, 4) is 0 Å². The molecule has 1 amide bonds. The van der Waals surface area contributed by atoms with Crippen molar-refractivity contribution in [1.29, 1.82) is 0 Å². The quantitative estimate of drug-likeness (QED) is 0.378. The number of hydrogen-bond acceptors (Lipinski definition) is 5. The molecule has 2 aromatic heterocycles. The molecule has 6 nitrogen and oxygen atoms in total. The highest BCUT2D eigenvalue weighted by Gasteiger charge is 2.34. The number of para-hydroxylation sites is 1. The predicted molar refractivity (Wildman–Crippen MR) is 99.6 cm³/mol. The summed E-state index contributed by atoms with van der Waals surface area (Å²) in [5.41, 5.74) is -0.596. The van der Waals surface area contributed by atoms with E-state index in [1.54, 1.807) is 36.4 Å². The molecule has 0 aliphatic carbocycles. The van der Waals surface area contributed by atoms with Gasteiger partial charge in [0.05, 0.1) is 12.8 Å². The van der Waals surface area contributed by atoms with Gasteiger partial charge in [-0.1, -0.05) is 53.0 Å². The lowest BCUT2D eigenvalue weighted by Gasteiger charge is -2.26. The Hall–Kier alpha value is -1.99. The molecule has 1 unspecified atom stereocenters. The zero-order valence-electron chi connectivity index (χ0n) is 13.2. The van der Waals surface area contributed by atoms with E-state index in [1.165, 1.54) is 12.3 Å². The summed E-state index contributed by atoms with van der Waals surface area (Å²) in [4.78, 5) is 24.6. The van der Waals surface area contributed by atoms with Crippen LogP contribution < -0.4 is 16.3 Å². The second-order valence-corrected chi connectivity index (χ2v) is 7.76. The van der Waals surface area contributed by atoms with Gasteiger partial charge in [0.2, 0.25) is 3.79 Å². The highest BCUT2D eigenvalue weighted by atomic mass is 35.6. The van der Waals surface area contributed by atoms with Gasteiger partial charge in [0.25, 0.3) is 5.91 Å². The third-order valence-corrected chi connectivity index (χ3v) is 4.20. The molecule has 2 heterocycles. The molecule has 2 N–H and O–H groups in total. The highest BCUT2D eigenvalue weighted by molar-refractivity contribution is 6.68. The monoisotopic (exact) mass is 414 g/mol. The Morgan fingerprint density at radius 3 is 2.62 bits per heavy atom. The molecule has 136 valence electrons. The molecule has 0 radical (unpaired) electrons. The third kappa shape index (κ3) is 4.40. The Balaban J connectivity index is 1.81. The zero-order valence-corrected chi connectivity index (χ0v) is 15.4. The lowest BCUT2D eigenvalue weighted by atomic mass is 10.2. The van der Waals surface area contributed by atoms with Gasteiger partial charge < -0.3 is 14.2 Å². The molecular weight excluding hydrogens is 403 g/mol. The summed E-state index contributed by atoms with van der Waals surface area (Å²) in [6.07, 6.45) is 0.427. The molecule has 26 heavy (non-hydrogen) atoms. The van der Waals surface area contributed by atoms with Crippen molar-refractivity contribution in [3.05, 3.63) is 70.5 Å². The first kappa shape index (κ1) is 18.8. The van der Waals surface area contributed by atoms with Crippen molar-refractivity contribution in [3.63, 3.8) is 0 Å². The van der Waals surface area contributed by atoms with Crippen molar-refractivity contribution >= 4 is 51.7 Å². The topological polar surface area (TPSA) is 84.5 Å². The molecule has 0 saturated carbocycles. The number of furan rings is 1. The molecule has 0 bridgehead atoms. The summed E-state index contributed by atoms with van der Waals surface area (Å²) in [5.74, 6) is -0.142. The van der Waals surface area contributed by atoms with Crippen LogP contribution in [0.3, 0.4) is 0 Å². The van der Waals surface area contributed by atoms with Crippen molar-refractivity contribution in [2.45, 2.75) is 16.5 Å². The standard InChI is InChI=1S/C17H13Cl3N2O4/c18-17(19,20)16(21-9-11-5-3-7-25-11)22-14(23)12-8-10-4-1-2-6-13(10)26-15(12)24/h1-8,16,21H,9H2,(H,22,23). The Kier molecular flexibility index (Phi) is 5.58. The van der Waals surface area contributed by atoms with Gasteiger partial charge in [0.1, 0.15) is 23.1 Å². The maximum atomic E-state index is 12.5. The summed E-state index contributed by atoms with van der Waals surface area (Å²) in [5, 5.41) is 5.96. The van der Waals surface area contributed by atoms with Crippen LogP contribution in [0.2, 0.25) is 0 Å². The third-order valence-electron chi connectivity index (χ3n) is 3.55. The summed E-state index contributed by atoms with van der Waals surface area (Å²) in [6, 6.07) is 11.7. The first-order valence-corrected chi connectivity index (χ1v) is 8.64. The minimum Gasteiger partial charge on any atom is -0.468 e. The van der Waals surface area contributed by atoms with E-state index in [0.29, 0.717) is 16.7 Å². The van der Waals surface area contributed by atoms with Gasteiger partial charge in [0.15, 0.2) is 0 Å². The lowest BCUT2D eigenvalue weighted by molar-refractivity contribution is 0.0925. The fourth-order valence-corrected chi connectivity index (χ4v) is 2.69. The molecule has 0 aliphatic rings. The number of nitrogens with one attached hydrogen (secondary N) is 2. The molecule has 1 atom stereocenters. The van der Waals surface area contributed by atoms with E-state index in [1.807, 2.05) is 0 Å². The molecule has 1 aromatic carbocycles. The summed E-state index contributed by atoms with van der Waals surface area (Å²) in [7, 11) is 0. The molecule has 3 rings (SSSR count). The number of amides is 1. The molecular formula is C17H13Cl3N2O4. The molecule has 0 spiro atoms. The maximum Gasteiger partial charge on any atom is 0.349 e. The molecule has 0 saturated heterocycles. The van der Waals surface area contributed by atoms with Crippen LogP contribution in [0.1, 0.15) is 16.1 Å². The van der Waals surface area contributed by atoms with Crippen LogP contribution in [0, 0.1) is 0 Å².